The summed E-state index contributed by atoms with van der Waals surface area (Å²) in [5, 5.41) is 9.38. The van der Waals surface area contributed by atoms with E-state index in [9.17, 15) is 40.4 Å². The van der Waals surface area contributed by atoms with Crippen LogP contribution in [0.25, 0.3) is 5.57 Å². The molecule has 40 heavy (non-hydrogen) atoms. The van der Waals surface area contributed by atoms with Gasteiger partial charge in [0.2, 0.25) is 0 Å². The quantitative estimate of drug-likeness (QED) is 0.330. The number of sulfone groups is 1. The number of benzene rings is 2. The molecule has 0 radical (unpaired) electrons. The van der Waals surface area contributed by atoms with Crippen molar-refractivity contribution in [2.75, 3.05) is 6.26 Å². The van der Waals surface area contributed by atoms with Gasteiger partial charge in [-0.05, 0) is 46.9 Å². The van der Waals surface area contributed by atoms with Crippen LogP contribution in [-0.2, 0) is 27.3 Å². The van der Waals surface area contributed by atoms with Gasteiger partial charge in [-0.25, -0.2) is 17.2 Å². The number of halogens is 5. The molecule has 0 fully saturated rings. The van der Waals surface area contributed by atoms with Crippen molar-refractivity contribution in [3.05, 3.63) is 104 Å². The number of rotatable bonds is 6. The number of nitrogens with zero attached hydrogens (tertiary/aromatic N) is 2. The predicted molar refractivity (Wildman–Crippen MR) is 136 cm³/mol. The molecule has 0 saturated heterocycles. The van der Waals surface area contributed by atoms with Crippen LogP contribution >= 0.6 is 0 Å². The van der Waals surface area contributed by atoms with Crippen molar-refractivity contribution in [2.45, 2.75) is 49.9 Å². The third-order valence-corrected chi connectivity index (χ3v) is 7.69. The summed E-state index contributed by atoms with van der Waals surface area (Å²) >= 11 is 0. The highest BCUT2D eigenvalue weighted by atomic mass is 32.2. The van der Waals surface area contributed by atoms with E-state index in [1.165, 1.54) is 18.4 Å². The van der Waals surface area contributed by atoms with E-state index in [0.717, 1.165) is 23.0 Å². The van der Waals surface area contributed by atoms with E-state index >= 15 is 0 Å². The highest BCUT2D eigenvalue weighted by Gasteiger charge is 2.38. The van der Waals surface area contributed by atoms with Crippen molar-refractivity contribution >= 4 is 15.4 Å². The Kier molecular flexibility index (Phi) is 7.64. The number of alkyl halides is 3. The van der Waals surface area contributed by atoms with Crippen LogP contribution < -0.4 is 5.56 Å². The second kappa shape index (κ2) is 10.5. The molecule has 0 spiro atoms. The van der Waals surface area contributed by atoms with Crippen molar-refractivity contribution in [3.8, 4) is 6.07 Å². The molecule has 6 nitrogen and oxygen atoms in total. The molecule has 4 rings (SSSR count). The van der Waals surface area contributed by atoms with Gasteiger partial charge in [0.05, 0.1) is 29.0 Å². The molecule has 12 heteroatoms. The Morgan fingerprint density at radius 3 is 2.40 bits per heavy atom. The van der Waals surface area contributed by atoms with Crippen LogP contribution in [0.4, 0.5) is 22.0 Å². The van der Waals surface area contributed by atoms with Crippen LogP contribution in [0, 0.1) is 23.0 Å². The lowest BCUT2D eigenvalue weighted by atomic mass is 9.95. The summed E-state index contributed by atoms with van der Waals surface area (Å²) in [5.74, 6) is -1.95. The zero-order valence-corrected chi connectivity index (χ0v) is 22.3. The number of aromatic nitrogens is 1. The first-order valence-electron chi connectivity index (χ1n) is 12.0. The van der Waals surface area contributed by atoms with Gasteiger partial charge in [0.15, 0.2) is 9.84 Å². The summed E-state index contributed by atoms with van der Waals surface area (Å²) in [5.41, 5.74) is -2.79. The van der Waals surface area contributed by atoms with Gasteiger partial charge >= 0.3 is 6.18 Å². The zero-order valence-electron chi connectivity index (χ0n) is 21.5. The normalized spacial score (nSPS) is 15.6. The van der Waals surface area contributed by atoms with E-state index in [-0.39, 0.29) is 28.5 Å². The lowest BCUT2D eigenvalue weighted by molar-refractivity contribution is -0.138. The number of hydrogen-bond donors (Lipinski definition) is 0. The maximum Gasteiger partial charge on any atom is 0.417 e. The molecule has 1 unspecified atom stereocenters. The Morgan fingerprint density at radius 1 is 1.12 bits per heavy atom. The number of ether oxygens (including phenoxy) is 1. The molecule has 0 bridgehead atoms. The molecule has 1 aromatic heterocycles. The highest BCUT2D eigenvalue weighted by molar-refractivity contribution is 7.90. The van der Waals surface area contributed by atoms with Crippen LogP contribution in [0.2, 0.25) is 0 Å². The number of pyridine rings is 1. The van der Waals surface area contributed by atoms with Crippen LogP contribution in [0.5, 0.6) is 0 Å². The fourth-order valence-electron chi connectivity index (χ4n) is 4.42. The highest BCUT2D eigenvalue weighted by Crippen LogP contribution is 2.40. The smallest absolute Gasteiger partial charge is 0.417 e. The average molecular weight is 579 g/mol. The van der Waals surface area contributed by atoms with Gasteiger partial charge in [-0.1, -0.05) is 26.0 Å². The molecule has 0 saturated carbocycles. The van der Waals surface area contributed by atoms with Crippen molar-refractivity contribution in [1.29, 1.82) is 5.26 Å². The molecular weight excluding hydrogens is 555 g/mol. The summed E-state index contributed by atoms with van der Waals surface area (Å²) in [4.78, 5) is 13.2. The minimum Gasteiger partial charge on any atom is -0.491 e. The lowest BCUT2D eigenvalue weighted by Gasteiger charge is -2.21. The monoisotopic (exact) mass is 578 g/mol. The third kappa shape index (κ3) is 5.79. The van der Waals surface area contributed by atoms with Gasteiger partial charge in [-0.3, -0.25) is 4.79 Å². The molecule has 1 aliphatic heterocycles. The first-order chi connectivity index (χ1) is 18.6. The van der Waals surface area contributed by atoms with Crippen molar-refractivity contribution < 1.29 is 35.1 Å². The van der Waals surface area contributed by atoms with E-state index in [4.69, 9.17) is 4.74 Å². The molecule has 0 amide bonds. The molecule has 0 aliphatic carbocycles. The van der Waals surface area contributed by atoms with E-state index in [1.54, 1.807) is 12.1 Å². The first-order valence-corrected chi connectivity index (χ1v) is 13.9. The molecule has 2 heterocycles. The van der Waals surface area contributed by atoms with Gasteiger partial charge in [0.1, 0.15) is 29.4 Å². The third-order valence-electron chi connectivity index (χ3n) is 6.60. The SMILES string of the molecule is CC(C)c1cc(C2=COC(c3cc(C(F)(F)F)c(C#N)c(=O)n3Cc3ccc(F)cc3F)C2)cc(S(C)(=O)=O)c1. The Morgan fingerprint density at radius 2 is 1.82 bits per heavy atom. The summed E-state index contributed by atoms with van der Waals surface area (Å²) in [6.45, 7) is 3.15. The van der Waals surface area contributed by atoms with Crippen LogP contribution in [0.3, 0.4) is 0 Å². The molecule has 210 valence electrons. The summed E-state index contributed by atoms with van der Waals surface area (Å²) < 4.78 is 101. The fourth-order valence-corrected chi connectivity index (χ4v) is 5.11. The standard InChI is InChI=1S/C28H23F5N2O4S/c1-15(2)17-6-18(8-21(7-17)40(3,37)38)19-9-26(39-14-19)25-11-23(28(31,32)33)22(12-34)27(36)35(25)13-16-4-5-20(29)10-24(16)30/h4-8,10-11,14-15,26H,9,13H2,1-3H3. The summed E-state index contributed by atoms with van der Waals surface area (Å²) in [6.07, 6.45) is -3.94. The van der Waals surface area contributed by atoms with Gasteiger partial charge in [-0.15, -0.1) is 0 Å². The molecule has 3 aromatic rings. The summed E-state index contributed by atoms with van der Waals surface area (Å²) in [7, 11) is -3.59. The topological polar surface area (TPSA) is 89.2 Å². The number of hydrogen-bond acceptors (Lipinski definition) is 5. The van der Waals surface area contributed by atoms with Crippen molar-refractivity contribution in [1.82, 2.24) is 4.57 Å². The molecule has 1 aliphatic rings. The summed E-state index contributed by atoms with van der Waals surface area (Å²) in [6, 6.07) is 9.19. The largest absolute Gasteiger partial charge is 0.491 e. The second-order valence-electron chi connectivity index (χ2n) is 9.78. The van der Waals surface area contributed by atoms with Crippen molar-refractivity contribution in [3.63, 3.8) is 0 Å². The maximum atomic E-state index is 14.5. The van der Waals surface area contributed by atoms with Gasteiger partial charge < -0.3 is 9.30 Å². The van der Waals surface area contributed by atoms with E-state index in [1.807, 2.05) is 13.8 Å². The minimum absolute atomic E-state index is 0.0391. The van der Waals surface area contributed by atoms with E-state index in [2.05, 4.69) is 0 Å². The molecule has 2 aromatic carbocycles. The molecular formula is C28H23F5N2O4S. The van der Waals surface area contributed by atoms with Crippen molar-refractivity contribution in [2.24, 2.45) is 0 Å². The molecule has 1 atom stereocenters. The Bertz CT molecular complexity index is 1730. The van der Waals surface area contributed by atoms with Crippen LogP contribution in [0.15, 0.2) is 58.4 Å². The second-order valence-corrected chi connectivity index (χ2v) is 11.8. The zero-order chi connectivity index (χ0) is 29.6. The number of nitriles is 1. The van der Waals surface area contributed by atoms with E-state index in [0.29, 0.717) is 28.8 Å². The lowest BCUT2D eigenvalue weighted by Crippen LogP contribution is -2.31. The first kappa shape index (κ1) is 29.0. The Hall–Kier alpha value is -3.98. The van der Waals surface area contributed by atoms with E-state index < -0.39 is 57.0 Å². The fraction of sp³-hybridized carbons (Fsp3) is 0.286. The predicted octanol–water partition coefficient (Wildman–Crippen LogP) is 6.09. The van der Waals surface area contributed by atoms with Crippen LogP contribution in [-0.4, -0.2) is 19.2 Å². The average Bonchev–Trinajstić information content (AvgIpc) is 3.35. The van der Waals surface area contributed by atoms with Gasteiger partial charge in [0.25, 0.3) is 5.56 Å². The van der Waals surface area contributed by atoms with Gasteiger partial charge in [-0.2, -0.15) is 18.4 Å². The van der Waals surface area contributed by atoms with Crippen LogP contribution in [0.1, 0.15) is 65.8 Å². The minimum atomic E-state index is -5.05. The Labute approximate surface area is 226 Å². The molecule has 0 N–H and O–H groups in total. The maximum absolute atomic E-state index is 14.5. The van der Waals surface area contributed by atoms with Gasteiger partial charge in [0, 0.05) is 24.3 Å². The Balaban J connectivity index is 1.83.